The highest BCUT2D eigenvalue weighted by Gasteiger charge is 2.46. The molecular weight excluding hydrogens is 718 g/mol. The summed E-state index contributed by atoms with van der Waals surface area (Å²) in [7, 11) is 0. The molecule has 5 atom stereocenters. The van der Waals surface area contributed by atoms with E-state index in [0.717, 1.165) is 19.3 Å². The number of primary amides is 1. The third-order valence-corrected chi connectivity index (χ3v) is 10.7. The fourth-order valence-electron chi connectivity index (χ4n) is 7.94. The van der Waals surface area contributed by atoms with Crippen LogP contribution in [-0.4, -0.2) is 81.1 Å². The minimum atomic E-state index is -1.25. The number of carboxylic acid groups (broad SMARTS) is 1. The smallest absolute Gasteiger partial charge is 0.336 e. The summed E-state index contributed by atoms with van der Waals surface area (Å²) < 4.78 is 6.25. The number of carboxylic acids is 1. The van der Waals surface area contributed by atoms with Gasteiger partial charge in [-0.3, -0.25) is 33.6 Å². The molecule has 1 unspecified atom stereocenters. The molecule has 13 heteroatoms. The number of hydrogen-bond acceptors (Lipinski definition) is 9. The molecule has 302 valence electrons. The monoisotopic (exact) mass is 773 g/mol. The molecule has 4 N–H and O–H groups in total. The Morgan fingerprint density at radius 1 is 0.875 bits per heavy atom. The largest absolute Gasteiger partial charge is 0.478 e. The second-order valence-corrected chi connectivity index (χ2v) is 16.0. The zero-order chi connectivity index (χ0) is 41.2. The molecule has 0 aromatic heterocycles. The van der Waals surface area contributed by atoms with Crippen LogP contribution in [0.15, 0.2) is 54.6 Å². The molecule has 0 bridgehead atoms. The number of ether oxygens (including phenoxy) is 1. The highest BCUT2D eigenvalue weighted by molar-refractivity contribution is 6.38. The Hall–Kier alpha value is -5.04. The van der Waals surface area contributed by atoms with Crippen LogP contribution in [-0.2, 0) is 33.5 Å². The van der Waals surface area contributed by atoms with Gasteiger partial charge < -0.3 is 25.8 Å². The standard InChI is InChI=1S/C43H55N3O10/c1-5-26(39(51)34(47)20-21-37(50)45-38(40(44)52)28-16-10-7-11-17-28)22-36(49)33-23-29(56-43(2,3)4)25-46(33)41(53)32(27-14-8-6-9-15-27)24-35(48)30-18-12-13-19-31(30)42(54)55/h7,10-13,16-19,26-27,29,32-33,38H,5-6,8-9,14-15,20-25H2,1-4H3,(H2,44,52)(H,45,50)(H,54,55)/t26?,29-,32+,33+,38+/m1/s1. The van der Waals surface area contributed by atoms with Crippen molar-refractivity contribution in [3.63, 3.8) is 0 Å². The van der Waals surface area contributed by atoms with Gasteiger partial charge in [0.15, 0.2) is 17.3 Å². The molecule has 0 radical (unpaired) electrons. The van der Waals surface area contributed by atoms with Crippen molar-refractivity contribution in [2.75, 3.05) is 6.54 Å². The van der Waals surface area contributed by atoms with Gasteiger partial charge in [0.1, 0.15) is 6.04 Å². The van der Waals surface area contributed by atoms with E-state index in [1.54, 1.807) is 43.3 Å². The van der Waals surface area contributed by atoms with Crippen molar-refractivity contribution < 1.29 is 48.2 Å². The quantitative estimate of drug-likeness (QED) is 0.126. The molecule has 4 rings (SSSR count). The molecule has 2 aliphatic rings. The summed E-state index contributed by atoms with van der Waals surface area (Å²) in [5, 5.41) is 12.3. The van der Waals surface area contributed by atoms with Crippen molar-refractivity contribution >= 4 is 46.8 Å². The van der Waals surface area contributed by atoms with Crippen molar-refractivity contribution in [2.45, 2.75) is 122 Å². The molecule has 1 heterocycles. The number of aromatic carboxylic acids is 1. The lowest BCUT2D eigenvalue weighted by atomic mass is 9.76. The van der Waals surface area contributed by atoms with Gasteiger partial charge in [0.25, 0.3) is 0 Å². The van der Waals surface area contributed by atoms with Gasteiger partial charge in [-0.1, -0.05) is 74.7 Å². The Labute approximate surface area is 328 Å². The summed E-state index contributed by atoms with van der Waals surface area (Å²) in [4.78, 5) is 107. The van der Waals surface area contributed by atoms with Crippen LogP contribution in [0.4, 0.5) is 0 Å². The molecule has 2 aromatic carbocycles. The van der Waals surface area contributed by atoms with Gasteiger partial charge in [-0.15, -0.1) is 0 Å². The summed E-state index contributed by atoms with van der Waals surface area (Å²) in [6, 6.07) is 12.2. The van der Waals surface area contributed by atoms with Crippen LogP contribution < -0.4 is 11.1 Å². The minimum absolute atomic E-state index is 0.0203. The fourth-order valence-corrected chi connectivity index (χ4v) is 7.94. The van der Waals surface area contributed by atoms with Crippen molar-refractivity contribution in [2.24, 2.45) is 23.5 Å². The summed E-state index contributed by atoms with van der Waals surface area (Å²) in [5.74, 6) is -7.54. The van der Waals surface area contributed by atoms with Crippen LogP contribution in [0.2, 0.25) is 0 Å². The van der Waals surface area contributed by atoms with E-state index in [9.17, 15) is 43.5 Å². The molecule has 1 saturated heterocycles. The van der Waals surface area contributed by atoms with Crippen LogP contribution in [0.3, 0.4) is 0 Å². The summed E-state index contributed by atoms with van der Waals surface area (Å²) in [6.45, 7) is 7.36. The highest BCUT2D eigenvalue weighted by atomic mass is 16.5. The van der Waals surface area contributed by atoms with Gasteiger partial charge in [0, 0.05) is 56.0 Å². The van der Waals surface area contributed by atoms with Crippen molar-refractivity contribution in [3.8, 4) is 0 Å². The predicted octanol–water partition coefficient (Wildman–Crippen LogP) is 5.19. The maximum atomic E-state index is 14.7. The van der Waals surface area contributed by atoms with E-state index in [-0.39, 0.29) is 61.6 Å². The average molecular weight is 774 g/mol. The molecule has 0 spiro atoms. The van der Waals surface area contributed by atoms with Gasteiger partial charge >= 0.3 is 5.97 Å². The molecule has 2 aromatic rings. The van der Waals surface area contributed by atoms with E-state index in [1.807, 2.05) is 20.8 Å². The Balaban J connectivity index is 1.50. The van der Waals surface area contributed by atoms with E-state index in [0.29, 0.717) is 18.4 Å². The van der Waals surface area contributed by atoms with Gasteiger partial charge in [0.2, 0.25) is 23.5 Å². The Kier molecular flexibility index (Phi) is 15.4. The van der Waals surface area contributed by atoms with Crippen LogP contribution in [0.25, 0.3) is 0 Å². The Morgan fingerprint density at radius 2 is 1.50 bits per heavy atom. The molecule has 2 fully saturated rings. The minimum Gasteiger partial charge on any atom is -0.478 e. The molecule has 3 amide bonds. The zero-order valence-electron chi connectivity index (χ0n) is 32.8. The molecule has 1 aliphatic carbocycles. The molecule has 1 aliphatic heterocycles. The fraction of sp³-hybridized carbons (Fsp3) is 0.535. The number of nitrogens with zero attached hydrogens (tertiary/aromatic N) is 1. The van der Waals surface area contributed by atoms with Crippen molar-refractivity contribution in [1.82, 2.24) is 10.2 Å². The number of ketones is 4. The van der Waals surface area contributed by atoms with E-state index in [4.69, 9.17) is 10.5 Å². The maximum absolute atomic E-state index is 14.7. The number of benzene rings is 2. The van der Waals surface area contributed by atoms with E-state index in [1.165, 1.54) is 23.1 Å². The lowest BCUT2D eigenvalue weighted by molar-refractivity contribution is -0.144. The molecule has 1 saturated carbocycles. The number of Topliss-reactive ketones (excluding diaryl/α,β-unsaturated/α-hetero) is 4. The van der Waals surface area contributed by atoms with Gasteiger partial charge in [-0.2, -0.15) is 0 Å². The summed E-state index contributed by atoms with van der Waals surface area (Å²) in [6.07, 6.45) is 2.62. The first-order valence-electron chi connectivity index (χ1n) is 19.6. The summed E-state index contributed by atoms with van der Waals surface area (Å²) in [5.41, 5.74) is 5.23. The normalized spacial score (nSPS) is 19.0. The number of rotatable bonds is 19. The van der Waals surface area contributed by atoms with Crippen molar-refractivity contribution in [3.05, 3.63) is 71.3 Å². The van der Waals surface area contributed by atoms with Gasteiger partial charge in [-0.05, 0) is 57.6 Å². The van der Waals surface area contributed by atoms with Gasteiger partial charge in [-0.25, -0.2) is 4.79 Å². The number of hydrogen-bond donors (Lipinski definition) is 3. The topological polar surface area (TPSA) is 207 Å². The third-order valence-electron chi connectivity index (χ3n) is 10.7. The Morgan fingerprint density at radius 3 is 2.09 bits per heavy atom. The first-order chi connectivity index (χ1) is 26.5. The third kappa shape index (κ3) is 11.7. The Bertz CT molecular complexity index is 1780. The number of likely N-dealkylation sites (tertiary alicyclic amines) is 1. The number of amides is 3. The predicted molar refractivity (Wildman–Crippen MR) is 206 cm³/mol. The zero-order valence-corrected chi connectivity index (χ0v) is 32.8. The van der Waals surface area contributed by atoms with E-state index < -0.39 is 83.0 Å². The second kappa shape index (κ2) is 19.7. The average Bonchev–Trinajstić information content (AvgIpc) is 3.59. The molecule has 56 heavy (non-hydrogen) atoms. The SMILES string of the molecule is CCC(CC(=O)[C@@H]1C[C@@H](OC(C)(C)C)CN1C(=O)[C@@H](CC(=O)c1ccccc1C(=O)O)C1CCCCC1)C(=O)C(=O)CCC(=O)N[C@H](C(N)=O)c1ccccc1. The lowest BCUT2D eigenvalue weighted by Gasteiger charge is -2.34. The number of carbonyl (C=O) groups is 8. The van der Waals surface area contributed by atoms with Gasteiger partial charge in [0.05, 0.1) is 23.3 Å². The first-order valence-corrected chi connectivity index (χ1v) is 19.6. The number of nitrogens with one attached hydrogen (secondary N) is 1. The maximum Gasteiger partial charge on any atom is 0.336 e. The van der Waals surface area contributed by atoms with Crippen molar-refractivity contribution in [1.29, 1.82) is 0 Å². The number of carbonyl (C=O) groups excluding carboxylic acids is 7. The number of nitrogens with two attached hydrogens (primary N) is 1. The molecular formula is C43H55N3O10. The summed E-state index contributed by atoms with van der Waals surface area (Å²) >= 11 is 0. The molecule has 13 nitrogen and oxygen atoms in total. The van der Waals surface area contributed by atoms with E-state index >= 15 is 0 Å². The first kappa shape index (κ1) is 43.7. The van der Waals surface area contributed by atoms with E-state index in [2.05, 4.69) is 5.32 Å². The van der Waals surface area contributed by atoms with Crippen LogP contribution in [0.5, 0.6) is 0 Å². The van der Waals surface area contributed by atoms with Crippen LogP contribution in [0.1, 0.15) is 131 Å². The highest BCUT2D eigenvalue weighted by Crippen LogP contribution is 2.37. The van der Waals surface area contributed by atoms with Crippen LogP contribution in [0, 0.1) is 17.8 Å². The second-order valence-electron chi connectivity index (χ2n) is 16.0. The van der Waals surface area contributed by atoms with Crippen LogP contribution >= 0.6 is 0 Å². The lowest BCUT2D eigenvalue weighted by Crippen LogP contribution is -2.47.